The average molecular weight is 395 g/mol. The molecule has 134 valence electrons. The largest absolute Gasteiger partial charge is 0.416 e. The lowest BCUT2D eigenvalue weighted by molar-refractivity contribution is -0.137. The number of halogens is 3. The van der Waals surface area contributed by atoms with Gasteiger partial charge in [-0.15, -0.1) is 10.2 Å². The molecule has 9 heteroatoms. The fourth-order valence-corrected chi connectivity index (χ4v) is 3.87. The molecule has 0 aliphatic carbocycles. The van der Waals surface area contributed by atoms with E-state index in [9.17, 15) is 18.0 Å². The fourth-order valence-electron chi connectivity index (χ4n) is 2.20. The highest BCUT2D eigenvalue weighted by Gasteiger charge is 2.31. The van der Waals surface area contributed by atoms with Gasteiger partial charge in [0.2, 0.25) is 5.91 Å². The van der Waals surface area contributed by atoms with Crippen molar-refractivity contribution in [2.24, 2.45) is 0 Å². The highest BCUT2D eigenvalue weighted by atomic mass is 32.2. The molecule has 1 unspecified atom stereocenters. The van der Waals surface area contributed by atoms with Crippen LogP contribution in [0.2, 0.25) is 0 Å². The number of aromatic nitrogens is 2. The summed E-state index contributed by atoms with van der Waals surface area (Å²) in [6, 6.07) is 13.5. The summed E-state index contributed by atoms with van der Waals surface area (Å²) in [7, 11) is 0. The van der Waals surface area contributed by atoms with Gasteiger partial charge in [0.25, 0.3) is 0 Å². The lowest BCUT2D eigenvalue weighted by Gasteiger charge is -2.16. The summed E-state index contributed by atoms with van der Waals surface area (Å²) in [5, 5.41) is 9.56. The van der Waals surface area contributed by atoms with E-state index in [1.807, 2.05) is 6.07 Å². The van der Waals surface area contributed by atoms with Crippen molar-refractivity contribution < 1.29 is 18.0 Å². The number of carbonyl (C=O) groups is 1. The van der Waals surface area contributed by atoms with E-state index in [0.717, 1.165) is 17.7 Å². The van der Waals surface area contributed by atoms with Crippen LogP contribution >= 0.6 is 23.1 Å². The Labute approximate surface area is 155 Å². The zero-order valence-electron chi connectivity index (χ0n) is 13.1. The van der Waals surface area contributed by atoms with E-state index in [4.69, 9.17) is 0 Å². The molecule has 3 aromatic rings. The van der Waals surface area contributed by atoms with Crippen LogP contribution < -0.4 is 5.32 Å². The average Bonchev–Trinajstić information content (AvgIpc) is 3.13. The first-order valence-electron chi connectivity index (χ1n) is 7.39. The normalized spacial score (nSPS) is 12.6. The summed E-state index contributed by atoms with van der Waals surface area (Å²) in [4.78, 5) is 12.7. The van der Waals surface area contributed by atoms with Gasteiger partial charge in [-0.3, -0.25) is 4.79 Å². The second-order valence-corrected chi connectivity index (χ2v) is 7.37. The minimum absolute atomic E-state index is 0.0867. The van der Waals surface area contributed by atoms with Crippen LogP contribution in [0.1, 0.15) is 16.4 Å². The number of hydrogen-bond acceptors (Lipinski definition) is 5. The number of carbonyl (C=O) groups excluding carboxylic acids is 1. The zero-order chi connectivity index (χ0) is 18.6. The zero-order valence-corrected chi connectivity index (χ0v) is 14.7. The van der Waals surface area contributed by atoms with Gasteiger partial charge in [0, 0.05) is 5.69 Å². The lowest BCUT2D eigenvalue weighted by Crippen LogP contribution is -2.19. The second-order valence-electron chi connectivity index (χ2n) is 5.18. The Bertz CT molecular complexity index is 870. The molecule has 0 saturated carbocycles. The molecule has 4 nitrogen and oxygen atoms in total. The molecule has 0 aliphatic rings. The molecule has 1 N–H and O–H groups in total. The number of hydrogen-bond donors (Lipinski definition) is 1. The number of thioether (sulfide) groups is 1. The van der Waals surface area contributed by atoms with Gasteiger partial charge in [0.15, 0.2) is 4.34 Å². The molecule has 1 atom stereocenters. The summed E-state index contributed by atoms with van der Waals surface area (Å²) in [5.74, 6) is -0.435. The van der Waals surface area contributed by atoms with Crippen molar-refractivity contribution >= 4 is 34.7 Å². The number of nitrogens with zero attached hydrogens (tertiary/aromatic N) is 2. The van der Waals surface area contributed by atoms with Gasteiger partial charge in [-0.2, -0.15) is 13.2 Å². The van der Waals surface area contributed by atoms with Crippen molar-refractivity contribution in [2.75, 3.05) is 5.32 Å². The van der Waals surface area contributed by atoms with Gasteiger partial charge in [-0.05, 0) is 23.8 Å². The quantitative estimate of drug-likeness (QED) is 0.616. The van der Waals surface area contributed by atoms with Crippen molar-refractivity contribution in [3.05, 3.63) is 71.2 Å². The third kappa shape index (κ3) is 4.61. The minimum Gasteiger partial charge on any atom is -0.325 e. The molecular formula is C17H12F3N3OS2. The molecule has 1 aromatic heterocycles. The van der Waals surface area contributed by atoms with Crippen molar-refractivity contribution in [2.45, 2.75) is 15.8 Å². The number of nitrogens with one attached hydrogen (secondary N) is 1. The first kappa shape index (κ1) is 18.4. The van der Waals surface area contributed by atoms with Crippen molar-refractivity contribution in [3.63, 3.8) is 0 Å². The molecule has 3 rings (SSSR count). The summed E-state index contributed by atoms with van der Waals surface area (Å²) in [6.07, 6.45) is -4.47. The van der Waals surface area contributed by atoms with Gasteiger partial charge in [0.05, 0.1) is 5.56 Å². The summed E-state index contributed by atoms with van der Waals surface area (Å²) < 4.78 is 39.1. The first-order chi connectivity index (χ1) is 12.4. The molecule has 0 saturated heterocycles. The maximum atomic E-state index is 12.9. The van der Waals surface area contributed by atoms with Crippen molar-refractivity contribution in [1.29, 1.82) is 0 Å². The first-order valence-corrected chi connectivity index (χ1v) is 9.15. The predicted octanol–water partition coefficient (Wildman–Crippen LogP) is 5.03. The lowest BCUT2D eigenvalue weighted by atomic mass is 10.1. The van der Waals surface area contributed by atoms with Gasteiger partial charge in [-0.1, -0.05) is 59.5 Å². The fraction of sp³-hybridized carbons (Fsp3) is 0.118. The maximum Gasteiger partial charge on any atom is 0.416 e. The molecule has 0 fully saturated rings. The monoisotopic (exact) mass is 395 g/mol. The smallest absolute Gasteiger partial charge is 0.325 e. The Balaban J connectivity index is 1.84. The Morgan fingerprint density at radius 1 is 1.12 bits per heavy atom. The highest BCUT2D eigenvalue weighted by Crippen LogP contribution is 2.37. The van der Waals surface area contributed by atoms with Gasteiger partial charge < -0.3 is 5.32 Å². The maximum absolute atomic E-state index is 12.9. The van der Waals surface area contributed by atoms with E-state index in [1.54, 1.807) is 29.8 Å². The number of benzene rings is 2. The van der Waals surface area contributed by atoms with Crippen molar-refractivity contribution in [1.82, 2.24) is 10.2 Å². The number of anilines is 1. The van der Waals surface area contributed by atoms with Crippen LogP contribution in [0.4, 0.5) is 18.9 Å². The number of alkyl halides is 3. The van der Waals surface area contributed by atoms with Crippen LogP contribution in [0.15, 0.2) is 64.4 Å². The Kier molecular flexibility index (Phi) is 5.58. The Hall–Kier alpha value is -2.39. The third-order valence-corrected chi connectivity index (χ3v) is 5.42. The van der Waals surface area contributed by atoms with Crippen molar-refractivity contribution in [3.8, 4) is 0 Å². The summed E-state index contributed by atoms with van der Waals surface area (Å²) in [5.41, 5.74) is 1.54. The molecule has 2 aromatic carbocycles. The number of rotatable bonds is 5. The molecule has 0 bridgehead atoms. The van der Waals surface area contributed by atoms with Gasteiger partial charge >= 0.3 is 6.18 Å². The third-order valence-electron chi connectivity index (χ3n) is 3.36. The number of amides is 1. The Morgan fingerprint density at radius 3 is 2.54 bits per heavy atom. The molecule has 0 radical (unpaired) electrons. The summed E-state index contributed by atoms with van der Waals surface area (Å²) in [6.45, 7) is 0. The van der Waals surface area contributed by atoms with Gasteiger partial charge in [-0.25, -0.2) is 0 Å². The van der Waals surface area contributed by atoms with E-state index >= 15 is 0 Å². The minimum atomic E-state index is -4.47. The van der Waals surface area contributed by atoms with Crippen LogP contribution in [0.25, 0.3) is 0 Å². The predicted molar refractivity (Wildman–Crippen MR) is 95.0 cm³/mol. The second kappa shape index (κ2) is 7.88. The molecule has 1 heterocycles. The molecule has 1 amide bonds. The summed E-state index contributed by atoms with van der Waals surface area (Å²) >= 11 is 2.48. The Morgan fingerprint density at radius 2 is 1.88 bits per heavy atom. The van der Waals surface area contributed by atoms with Crippen LogP contribution in [0.3, 0.4) is 0 Å². The van der Waals surface area contributed by atoms with Crippen LogP contribution in [0, 0.1) is 0 Å². The highest BCUT2D eigenvalue weighted by molar-refractivity contribution is 8.01. The van der Waals surface area contributed by atoms with E-state index in [1.165, 1.54) is 35.2 Å². The SMILES string of the molecule is O=C(Nc1cccc(C(F)(F)F)c1)C(Sc1nncs1)c1ccccc1. The molecule has 0 spiro atoms. The van der Waals surface area contributed by atoms with E-state index in [0.29, 0.717) is 4.34 Å². The van der Waals surface area contributed by atoms with E-state index in [2.05, 4.69) is 15.5 Å². The van der Waals surface area contributed by atoms with Crippen LogP contribution in [-0.4, -0.2) is 16.1 Å². The standard InChI is InChI=1S/C17H12F3N3OS2/c18-17(19,20)12-7-4-8-13(9-12)22-15(24)14(11-5-2-1-3-6-11)26-16-23-21-10-25-16/h1-10,14H,(H,22,24). The molecular weight excluding hydrogens is 383 g/mol. The topological polar surface area (TPSA) is 54.9 Å². The molecule has 26 heavy (non-hydrogen) atoms. The van der Waals surface area contributed by atoms with Crippen LogP contribution in [0.5, 0.6) is 0 Å². The molecule has 0 aliphatic heterocycles. The van der Waals surface area contributed by atoms with E-state index in [-0.39, 0.29) is 5.69 Å². The van der Waals surface area contributed by atoms with E-state index < -0.39 is 22.9 Å². The van der Waals surface area contributed by atoms with Gasteiger partial charge in [0.1, 0.15) is 10.8 Å². The van der Waals surface area contributed by atoms with Crippen LogP contribution in [-0.2, 0) is 11.0 Å².